The van der Waals surface area contributed by atoms with E-state index in [-0.39, 0.29) is 0 Å². The third-order valence-corrected chi connectivity index (χ3v) is 6.17. The molecule has 0 atom stereocenters. The van der Waals surface area contributed by atoms with Gasteiger partial charge in [0.25, 0.3) is 0 Å². The fraction of sp³-hybridized carbons (Fsp3) is 0.556. The van der Waals surface area contributed by atoms with E-state index < -0.39 is 0 Å². The molecule has 0 bridgehead atoms. The maximum absolute atomic E-state index is 6.03. The number of hydrogen-bond donors (Lipinski definition) is 0. The molecule has 3 rings (SSSR count). The predicted molar refractivity (Wildman–Crippen MR) is 121 cm³/mol. The van der Waals surface area contributed by atoms with Gasteiger partial charge >= 0.3 is 0 Å². The topological polar surface area (TPSA) is 9.23 Å². The highest BCUT2D eigenvalue weighted by Crippen LogP contribution is 2.26. The molecule has 0 N–H and O–H groups in total. The summed E-state index contributed by atoms with van der Waals surface area (Å²) in [5.74, 6) is 1.77. The van der Waals surface area contributed by atoms with Crippen molar-refractivity contribution in [2.75, 3.05) is 6.61 Å². The Bertz CT molecular complexity index is 650. The molecule has 0 unspecified atom stereocenters. The third-order valence-electron chi connectivity index (χ3n) is 6.17. The lowest BCUT2D eigenvalue weighted by atomic mass is 9.90. The number of unbranched alkanes of at least 4 members (excludes halogenated alkanes) is 5. The van der Waals surface area contributed by atoms with Crippen LogP contribution in [0, 0.1) is 5.92 Å². The molecule has 0 aliphatic heterocycles. The van der Waals surface area contributed by atoms with Gasteiger partial charge in [0.2, 0.25) is 0 Å². The molecule has 0 spiro atoms. The molecule has 1 heteroatoms. The second kappa shape index (κ2) is 11.9. The first kappa shape index (κ1) is 21.0. The van der Waals surface area contributed by atoms with Crippen LogP contribution >= 0.6 is 0 Å². The van der Waals surface area contributed by atoms with E-state index >= 15 is 0 Å². The van der Waals surface area contributed by atoms with Gasteiger partial charge in [-0.15, -0.1) is 0 Å². The molecule has 0 amide bonds. The first-order chi connectivity index (χ1) is 13.8. The number of rotatable bonds is 11. The molecular weight excluding hydrogens is 340 g/mol. The van der Waals surface area contributed by atoms with E-state index in [0.29, 0.717) is 0 Å². The summed E-state index contributed by atoms with van der Waals surface area (Å²) in [6, 6.07) is 17.8. The summed E-state index contributed by atoms with van der Waals surface area (Å²) in [4.78, 5) is 0. The van der Waals surface area contributed by atoms with Crippen molar-refractivity contribution >= 4 is 0 Å². The van der Waals surface area contributed by atoms with Gasteiger partial charge in [-0.25, -0.2) is 0 Å². The van der Waals surface area contributed by atoms with Crippen LogP contribution in [-0.2, 0) is 6.42 Å². The summed E-state index contributed by atoms with van der Waals surface area (Å²) >= 11 is 0. The molecule has 28 heavy (non-hydrogen) atoms. The Morgan fingerprint density at radius 2 is 1.32 bits per heavy atom. The van der Waals surface area contributed by atoms with Gasteiger partial charge in [-0.05, 0) is 60.4 Å². The van der Waals surface area contributed by atoms with E-state index in [1.807, 2.05) is 0 Å². The van der Waals surface area contributed by atoms with Crippen molar-refractivity contribution in [2.45, 2.75) is 84.0 Å². The van der Waals surface area contributed by atoms with Crippen LogP contribution in [0.5, 0.6) is 5.75 Å². The Balaban J connectivity index is 1.43. The van der Waals surface area contributed by atoms with Gasteiger partial charge in [0.1, 0.15) is 5.75 Å². The molecule has 1 aliphatic carbocycles. The van der Waals surface area contributed by atoms with Crippen LogP contribution in [0.1, 0.15) is 83.1 Å². The van der Waals surface area contributed by atoms with Crippen LogP contribution < -0.4 is 4.74 Å². The van der Waals surface area contributed by atoms with E-state index in [0.717, 1.165) is 18.3 Å². The second-order valence-corrected chi connectivity index (χ2v) is 8.55. The smallest absolute Gasteiger partial charge is 0.119 e. The summed E-state index contributed by atoms with van der Waals surface area (Å²) < 4.78 is 6.03. The lowest BCUT2D eigenvalue weighted by molar-refractivity contribution is 0.209. The van der Waals surface area contributed by atoms with Gasteiger partial charge in [0.15, 0.2) is 0 Å². The Morgan fingerprint density at radius 1 is 0.714 bits per heavy atom. The molecule has 1 saturated carbocycles. The zero-order valence-electron chi connectivity index (χ0n) is 17.8. The normalized spacial score (nSPS) is 14.9. The first-order valence-electron chi connectivity index (χ1n) is 11.7. The summed E-state index contributed by atoms with van der Waals surface area (Å²) in [5.41, 5.74) is 4.04. The fourth-order valence-corrected chi connectivity index (χ4v) is 4.28. The Hall–Kier alpha value is -1.76. The molecular formula is C27H38O. The van der Waals surface area contributed by atoms with E-state index in [2.05, 4.69) is 55.5 Å². The van der Waals surface area contributed by atoms with Crippen LogP contribution in [-0.4, -0.2) is 6.61 Å². The number of benzene rings is 2. The van der Waals surface area contributed by atoms with E-state index in [9.17, 15) is 0 Å². The minimum atomic E-state index is 0.757. The third kappa shape index (κ3) is 7.00. The number of hydrogen-bond acceptors (Lipinski definition) is 1. The quantitative estimate of drug-likeness (QED) is 0.358. The molecule has 2 aromatic carbocycles. The summed E-state index contributed by atoms with van der Waals surface area (Å²) in [7, 11) is 0. The maximum atomic E-state index is 6.03. The van der Waals surface area contributed by atoms with Crippen LogP contribution in [0.15, 0.2) is 48.5 Å². The molecule has 0 saturated heterocycles. The molecule has 1 nitrogen and oxygen atoms in total. The fourth-order valence-electron chi connectivity index (χ4n) is 4.28. The van der Waals surface area contributed by atoms with Crippen molar-refractivity contribution < 1.29 is 4.74 Å². The van der Waals surface area contributed by atoms with Crippen molar-refractivity contribution in [1.29, 1.82) is 0 Å². The van der Waals surface area contributed by atoms with Gasteiger partial charge in [-0.3, -0.25) is 0 Å². The Kier molecular flexibility index (Phi) is 8.94. The molecule has 0 radical (unpaired) electrons. The average Bonchev–Trinajstić information content (AvgIpc) is 2.76. The minimum absolute atomic E-state index is 0.757. The predicted octanol–water partition coefficient (Wildman–Crippen LogP) is 8.22. The van der Waals surface area contributed by atoms with Crippen molar-refractivity contribution in [3.8, 4) is 16.9 Å². The molecule has 1 aliphatic rings. The highest BCUT2D eigenvalue weighted by molar-refractivity contribution is 5.64. The van der Waals surface area contributed by atoms with E-state index in [1.165, 1.54) is 93.7 Å². The maximum Gasteiger partial charge on any atom is 0.119 e. The van der Waals surface area contributed by atoms with Crippen LogP contribution in [0.2, 0.25) is 0 Å². The second-order valence-electron chi connectivity index (χ2n) is 8.55. The molecule has 1 fully saturated rings. The van der Waals surface area contributed by atoms with Gasteiger partial charge < -0.3 is 4.74 Å². The average molecular weight is 379 g/mol. The Labute approximate surface area is 172 Å². The van der Waals surface area contributed by atoms with Gasteiger partial charge in [0, 0.05) is 0 Å². The monoisotopic (exact) mass is 378 g/mol. The molecule has 0 aromatic heterocycles. The molecule has 152 valence electrons. The number of ether oxygens (including phenoxy) is 1. The summed E-state index contributed by atoms with van der Waals surface area (Å²) in [6.07, 6.45) is 16.2. The lowest BCUT2D eigenvalue weighted by Gasteiger charge is -2.21. The van der Waals surface area contributed by atoms with Gasteiger partial charge in [-0.1, -0.05) is 94.7 Å². The van der Waals surface area contributed by atoms with Crippen LogP contribution in [0.3, 0.4) is 0 Å². The Morgan fingerprint density at radius 3 is 2.00 bits per heavy atom. The zero-order chi connectivity index (χ0) is 19.4. The highest BCUT2D eigenvalue weighted by Gasteiger charge is 2.13. The van der Waals surface area contributed by atoms with Crippen LogP contribution in [0.25, 0.3) is 11.1 Å². The largest absolute Gasteiger partial charge is 0.493 e. The van der Waals surface area contributed by atoms with Crippen molar-refractivity contribution in [3.05, 3.63) is 54.1 Å². The van der Waals surface area contributed by atoms with Crippen molar-refractivity contribution in [1.82, 2.24) is 0 Å². The van der Waals surface area contributed by atoms with Gasteiger partial charge in [0.05, 0.1) is 6.61 Å². The highest BCUT2D eigenvalue weighted by atomic mass is 16.5. The standard InChI is InChI=1S/C27H38O/c1-2-3-4-5-6-8-11-23-14-16-25(17-15-23)26-18-20-27(21-19-26)28-22-24-12-9-7-10-13-24/h14-21,24H,2-13,22H2,1H3. The number of aryl methyl sites for hydroxylation is 1. The molecule has 2 aromatic rings. The lowest BCUT2D eigenvalue weighted by Crippen LogP contribution is -2.15. The summed E-state index contributed by atoms with van der Waals surface area (Å²) in [6.45, 7) is 3.16. The first-order valence-corrected chi connectivity index (χ1v) is 11.7. The molecule has 0 heterocycles. The summed E-state index contributed by atoms with van der Waals surface area (Å²) in [5, 5.41) is 0. The van der Waals surface area contributed by atoms with E-state index in [4.69, 9.17) is 4.74 Å². The zero-order valence-corrected chi connectivity index (χ0v) is 17.8. The van der Waals surface area contributed by atoms with E-state index in [1.54, 1.807) is 0 Å². The van der Waals surface area contributed by atoms with Gasteiger partial charge in [-0.2, -0.15) is 0 Å². The van der Waals surface area contributed by atoms with Crippen molar-refractivity contribution in [2.24, 2.45) is 5.92 Å². The SMILES string of the molecule is CCCCCCCCc1ccc(-c2ccc(OCC3CCCCC3)cc2)cc1. The van der Waals surface area contributed by atoms with Crippen LogP contribution in [0.4, 0.5) is 0 Å². The minimum Gasteiger partial charge on any atom is -0.493 e. The van der Waals surface area contributed by atoms with Crippen molar-refractivity contribution in [3.63, 3.8) is 0 Å².